The van der Waals surface area contributed by atoms with Gasteiger partial charge in [0.25, 0.3) is 0 Å². The minimum Gasteiger partial charge on any atom is -0.457 e. The maximum absolute atomic E-state index is 11.7. The van der Waals surface area contributed by atoms with E-state index < -0.39 is 0 Å². The molecular formula is C19H22O2. The molecule has 2 rings (SSSR count). The van der Waals surface area contributed by atoms with E-state index in [0.717, 1.165) is 5.75 Å². The Labute approximate surface area is 126 Å². The molecule has 0 N–H and O–H groups in total. The highest BCUT2D eigenvalue weighted by Crippen LogP contribution is 2.27. The number of rotatable bonds is 5. The highest BCUT2D eigenvalue weighted by atomic mass is 16.5. The molecule has 0 saturated heterocycles. The minimum atomic E-state index is 0.131. The highest BCUT2D eigenvalue weighted by Gasteiger charge is 2.07. The Kier molecular flexibility index (Phi) is 4.79. The van der Waals surface area contributed by atoms with E-state index in [1.165, 1.54) is 11.1 Å². The van der Waals surface area contributed by atoms with E-state index in [1.807, 2.05) is 37.3 Å². The zero-order chi connectivity index (χ0) is 15.4. The lowest BCUT2D eigenvalue weighted by atomic mass is 9.98. The molecule has 0 amide bonds. The Morgan fingerprint density at radius 3 is 2.43 bits per heavy atom. The van der Waals surface area contributed by atoms with E-state index in [-0.39, 0.29) is 5.78 Å². The maximum atomic E-state index is 11.7. The molecule has 2 aromatic rings. The molecule has 110 valence electrons. The van der Waals surface area contributed by atoms with Crippen molar-refractivity contribution in [2.24, 2.45) is 0 Å². The number of aryl methyl sites for hydroxylation is 1. The van der Waals surface area contributed by atoms with Gasteiger partial charge in [0.05, 0.1) is 0 Å². The molecule has 2 heteroatoms. The lowest BCUT2D eigenvalue weighted by Gasteiger charge is -2.12. The third kappa shape index (κ3) is 3.72. The van der Waals surface area contributed by atoms with Gasteiger partial charge in [-0.3, -0.25) is 4.79 Å². The summed E-state index contributed by atoms with van der Waals surface area (Å²) in [6.45, 7) is 8.33. The summed E-state index contributed by atoms with van der Waals surface area (Å²) in [5.41, 5.74) is 3.26. The number of carbonyl (C=O) groups is 1. The molecule has 2 nitrogen and oxygen atoms in total. The molecular weight excluding hydrogens is 260 g/mol. The topological polar surface area (TPSA) is 26.3 Å². The monoisotopic (exact) mass is 282 g/mol. The van der Waals surface area contributed by atoms with Gasteiger partial charge in [-0.1, -0.05) is 39.0 Å². The molecule has 21 heavy (non-hydrogen) atoms. The van der Waals surface area contributed by atoms with Crippen LogP contribution in [0.4, 0.5) is 0 Å². The molecule has 0 aliphatic heterocycles. The predicted molar refractivity (Wildman–Crippen MR) is 86.4 cm³/mol. The Hall–Kier alpha value is -2.09. The smallest absolute Gasteiger partial charge is 0.162 e. The van der Waals surface area contributed by atoms with Crippen LogP contribution >= 0.6 is 0 Å². The second-order valence-corrected chi connectivity index (χ2v) is 5.58. The molecule has 0 heterocycles. The fraction of sp³-hybridized carbons (Fsp3) is 0.316. The van der Waals surface area contributed by atoms with Gasteiger partial charge in [0, 0.05) is 12.0 Å². The summed E-state index contributed by atoms with van der Waals surface area (Å²) in [5.74, 6) is 2.14. The molecule has 0 aliphatic carbocycles. The molecule has 0 aromatic heterocycles. The fourth-order valence-electron chi connectivity index (χ4n) is 2.43. The van der Waals surface area contributed by atoms with Gasteiger partial charge in [0.2, 0.25) is 0 Å². The Morgan fingerprint density at radius 1 is 1.10 bits per heavy atom. The molecule has 0 fully saturated rings. The summed E-state index contributed by atoms with van der Waals surface area (Å²) in [5, 5.41) is 0. The van der Waals surface area contributed by atoms with Crippen molar-refractivity contribution in [3.8, 4) is 11.5 Å². The minimum absolute atomic E-state index is 0.131. The average molecular weight is 282 g/mol. The predicted octanol–water partition coefficient (Wildman–Crippen LogP) is 5.50. The Bertz CT molecular complexity index is 642. The number of hydrogen-bond acceptors (Lipinski definition) is 2. The number of ether oxygens (including phenoxy) is 1. The van der Waals surface area contributed by atoms with Gasteiger partial charge in [-0.25, -0.2) is 0 Å². The third-order valence-electron chi connectivity index (χ3n) is 3.58. The van der Waals surface area contributed by atoms with Crippen molar-refractivity contribution in [1.29, 1.82) is 0 Å². The lowest BCUT2D eigenvalue weighted by Crippen LogP contribution is -1.97. The quantitative estimate of drug-likeness (QED) is 0.676. The van der Waals surface area contributed by atoms with Gasteiger partial charge in [0.15, 0.2) is 5.78 Å². The van der Waals surface area contributed by atoms with Crippen LogP contribution in [0.2, 0.25) is 0 Å². The molecule has 0 aliphatic rings. The van der Waals surface area contributed by atoms with Crippen LogP contribution in [0, 0.1) is 6.92 Å². The molecule has 2 aromatic carbocycles. The summed E-state index contributed by atoms with van der Waals surface area (Å²) in [6.07, 6.45) is 0.506. The summed E-state index contributed by atoms with van der Waals surface area (Å²) >= 11 is 0. The van der Waals surface area contributed by atoms with E-state index in [4.69, 9.17) is 4.74 Å². The molecule has 0 spiro atoms. The SMILES string of the molecule is CCC(=O)c1cccc(Oc2ccc(C(C)C)c(C)c2)c1. The van der Waals surface area contributed by atoms with Crippen LogP contribution < -0.4 is 4.74 Å². The van der Waals surface area contributed by atoms with Gasteiger partial charge in [-0.15, -0.1) is 0 Å². The van der Waals surface area contributed by atoms with E-state index in [0.29, 0.717) is 23.7 Å². The summed E-state index contributed by atoms with van der Waals surface area (Å²) < 4.78 is 5.88. The van der Waals surface area contributed by atoms with Crippen LogP contribution in [0.15, 0.2) is 42.5 Å². The van der Waals surface area contributed by atoms with E-state index >= 15 is 0 Å². The van der Waals surface area contributed by atoms with Gasteiger partial charge in [0.1, 0.15) is 11.5 Å². The van der Waals surface area contributed by atoms with Crippen LogP contribution in [-0.4, -0.2) is 5.78 Å². The van der Waals surface area contributed by atoms with Gasteiger partial charge in [-0.05, 0) is 48.2 Å². The number of Topliss-reactive ketones (excluding diaryl/α,β-unsaturated/α-hetero) is 1. The number of benzene rings is 2. The fourth-order valence-corrected chi connectivity index (χ4v) is 2.43. The standard InChI is InChI=1S/C19H22O2/c1-5-19(20)15-7-6-8-16(12-15)21-17-9-10-18(13(2)3)14(4)11-17/h6-13H,5H2,1-4H3. The Balaban J connectivity index is 2.22. The third-order valence-corrected chi connectivity index (χ3v) is 3.58. The highest BCUT2D eigenvalue weighted by molar-refractivity contribution is 5.96. The largest absolute Gasteiger partial charge is 0.457 e. The number of ketones is 1. The first-order valence-corrected chi connectivity index (χ1v) is 7.43. The maximum Gasteiger partial charge on any atom is 0.162 e. The Morgan fingerprint density at radius 2 is 1.81 bits per heavy atom. The van der Waals surface area contributed by atoms with Crippen molar-refractivity contribution >= 4 is 5.78 Å². The summed E-state index contributed by atoms with van der Waals surface area (Å²) in [6, 6.07) is 13.5. The van der Waals surface area contributed by atoms with Crippen LogP contribution in [-0.2, 0) is 0 Å². The van der Waals surface area contributed by atoms with Crippen LogP contribution in [0.25, 0.3) is 0 Å². The van der Waals surface area contributed by atoms with Crippen LogP contribution in [0.1, 0.15) is 54.6 Å². The number of hydrogen-bond donors (Lipinski definition) is 0. The molecule has 0 radical (unpaired) electrons. The van der Waals surface area contributed by atoms with Crippen LogP contribution in [0.5, 0.6) is 11.5 Å². The molecule has 0 saturated carbocycles. The van der Waals surface area contributed by atoms with Gasteiger partial charge in [-0.2, -0.15) is 0 Å². The zero-order valence-electron chi connectivity index (χ0n) is 13.1. The average Bonchev–Trinajstić information content (AvgIpc) is 2.46. The summed E-state index contributed by atoms with van der Waals surface area (Å²) in [7, 11) is 0. The van der Waals surface area contributed by atoms with Gasteiger partial charge < -0.3 is 4.74 Å². The first-order chi connectivity index (χ1) is 10.0. The normalized spacial score (nSPS) is 10.7. The van der Waals surface area contributed by atoms with E-state index in [1.54, 1.807) is 6.07 Å². The molecule has 0 unspecified atom stereocenters. The zero-order valence-corrected chi connectivity index (χ0v) is 13.1. The van der Waals surface area contributed by atoms with Crippen LogP contribution in [0.3, 0.4) is 0 Å². The second-order valence-electron chi connectivity index (χ2n) is 5.58. The van der Waals surface area contributed by atoms with E-state index in [2.05, 4.69) is 26.8 Å². The van der Waals surface area contributed by atoms with Crippen molar-refractivity contribution in [3.63, 3.8) is 0 Å². The molecule has 0 atom stereocenters. The van der Waals surface area contributed by atoms with Crippen molar-refractivity contribution in [3.05, 3.63) is 59.2 Å². The molecule has 0 bridgehead atoms. The van der Waals surface area contributed by atoms with E-state index in [9.17, 15) is 4.79 Å². The lowest BCUT2D eigenvalue weighted by molar-refractivity contribution is 0.0988. The first-order valence-electron chi connectivity index (χ1n) is 7.43. The number of carbonyl (C=O) groups excluding carboxylic acids is 1. The van der Waals surface area contributed by atoms with Crippen molar-refractivity contribution in [2.45, 2.75) is 40.0 Å². The van der Waals surface area contributed by atoms with Crippen molar-refractivity contribution in [1.82, 2.24) is 0 Å². The first kappa shape index (κ1) is 15.3. The van der Waals surface area contributed by atoms with Crippen molar-refractivity contribution in [2.75, 3.05) is 0 Å². The second kappa shape index (κ2) is 6.57. The van der Waals surface area contributed by atoms with Gasteiger partial charge >= 0.3 is 0 Å². The van der Waals surface area contributed by atoms with Crippen molar-refractivity contribution < 1.29 is 9.53 Å². The summed E-state index contributed by atoms with van der Waals surface area (Å²) in [4.78, 5) is 11.7.